The molecule has 1 aromatic carbocycles. The van der Waals surface area contributed by atoms with Crippen LogP contribution in [0.25, 0.3) is 5.69 Å². The van der Waals surface area contributed by atoms with Crippen molar-refractivity contribution in [2.24, 2.45) is 0 Å². The average Bonchev–Trinajstić information content (AvgIpc) is 2.94. The first-order valence-corrected chi connectivity index (χ1v) is 6.70. The van der Waals surface area contributed by atoms with E-state index in [2.05, 4.69) is 27.0 Å². The van der Waals surface area contributed by atoms with E-state index in [4.69, 9.17) is 9.47 Å². The quantitative estimate of drug-likeness (QED) is 0.750. The fourth-order valence-electron chi connectivity index (χ4n) is 2.06. The van der Waals surface area contributed by atoms with E-state index in [1.165, 1.54) is 5.56 Å². The van der Waals surface area contributed by atoms with Gasteiger partial charge in [0.1, 0.15) is 0 Å². The van der Waals surface area contributed by atoms with Gasteiger partial charge < -0.3 is 14.8 Å². The molecule has 0 unspecified atom stereocenters. The van der Waals surface area contributed by atoms with Crippen molar-refractivity contribution in [2.45, 2.75) is 6.42 Å². The maximum absolute atomic E-state index is 5.17. The van der Waals surface area contributed by atoms with Gasteiger partial charge in [0.15, 0.2) is 0 Å². The topological polar surface area (TPSA) is 48.3 Å². The molecular weight excluding hydrogens is 254 g/mol. The maximum Gasteiger partial charge on any atom is 0.207 e. The van der Waals surface area contributed by atoms with Gasteiger partial charge in [-0.2, -0.15) is 0 Å². The Morgan fingerprint density at radius 1 is 1.15 bits per heavy atom. The van der Waals surface area contributed by atoms with Crippen LogP contribution in [-0.2, 0) is 15.9 Å². The Hall–Kier alpha value is -1.85. The molecular formula is C15H21N3O2. The van der Waals surface area contributed by atoms with Gasteiger partial charge >= 0.3 is 0 Å². The standard InChI is InChI=1S/C15H21N3O2/c1-19-11-7-13-5-3-4-6-14(13)18-10-8-16-15(18)17-9-12-20-2/h3-6,8,10H,7,9,11-12H2,1-2H3,(H,16,17). The van der Waals surface area contributed by atoms with Crippen molar-refractivity contribution in [1.82, 2.24) is 9.55 Å². The van der Waals surface area contributed by atoms with Crippen LogP contribution in [0.1, 0.15) is 5.56 Å². The SMILES string of the molecule is COCCNc1nccn1-c1ccccc1CCOC. The number of hydrogen-bond donors (Lipinski definition) is 1. The summed E-state index contributed by atoms with van der Waals surface area (Å²) in [7, 11) is 3.41. The average molecular weight is 275 g/mol. The Labute approximate surface area is 119 Å². The summed E-state index contributed by atoms with van der Waals surface area (Å²) >= 11 is 0. The smallest absolute Gasteiger partial charge is 0.207 e. The first-order valence-electron chi connectivity index (χ1n) is 6.70. The summed E-state index contributed by atoms with van der Waals surface area (Å²) in [5.74, 6) is 0.826. The maximum atomic E-state index is 5.17. The molecule has 2 rings (SSSR count). The number of benzene rings is 1. The second kappa shape index (κ2) is 7.67. The molecule has 2 aromatic rings. The number of anilines is 1. The summed E-state index contributed by atoms with van der Waals surface area (Å²) in [6, 6.07) is 8.29. The highest BCUT2D eigenvalue weighted by molar-refractivity contribution is 5.47. The number of aromatic nitrogens is 2. The Morgan fingerprint density at radius 3 is 2.75 bits per heavy atom. The van der Waals surface area contributed by atoms with Gasteiger partial charge in [0.2, 0.25) is 5.95 Å². The second-order valence-corrected chi connectivity index (χ2v) is 4.41. The van der Waals surface area contributed by atoms with Crippen LogP contribution < -0.4 is 5.32 Å². The van der Waals surface area contributed by atoms with Crippen molar-refractivity contribution in [3.05, 3.63) is 42.2 Å². The van der Waals surface area contributed by atoms with Crippen LogP contribution in [0.3, 0.4) is 0 Å². The molecule has 0 aliphatic carbocycles. The van der Waals surface area contributed by atoms with Gasteiger partial charge in [-0.15, -0.1) is 0 Å². The predicted molar refractivity (Wildman–Crippen MR) is 79.5 cm³/mol. The number of imidazole rings is 1. The molecule has 1 N–H and O–H groups in total. The number of nitrogens with zero attached hydrogens (tertiary/aromatic N) is 2. The second-order valence-electron chi connectivity index (χ2n) is 4.41. The molecule has 0 saturated carbocycles. The Kier molecular flexibility index (Phi) is 5.58. The molecule has 108 valence electrons. The highest BCUT2D eigenvalue weighted by Gasteiger charge is 2.08. The summed E-state index contributed by atoms with van der Waals surface area (Å²) in [6.45, 7) is 2.09. The molecule has 0 spiro atoms. The lowest BCUT2D eigenvalue weighted by atomic mass is 10.1. The Balaban J connectivity index is 2.20. The van der Waals surface area contributed by atoms with Crippen LogP contribution in [0, 0.1) is 0 Å². The van der Waals surface area contributed by atoms with Gasteiger partial charge in [-0.05, 0) is 18.1 Å². The molecule has 0 saturated heterocycles. The number of ether oxygens (including phenoxy) is 2. The lowest BCUT2D eigenvalue weighted by Crippen LogP contribution is -2.12. The third-order valence-corrected chi connectivity index (χ3v) is 3.06. The molecule has 5 nitrogen and oxygen atoms in total. The fraction of sp³-hybridized carbons (Fsp3) is 0.400. The normalized spacial score (nSPS) is 10.7. The van der Waals surface area contributed by atoms with Crippen molar-refractivity contribution >= 4 is 5.95 Å². The number of methoxy groups -OCH3 is 2. The van der Waals surface area contributed by atoms with E-state index in [1.807, 2.05) is 18.3 Å². The van der Waals surface area contributed by atoms with Crippen molar-refractivity contribution < 1.29 is 9.47 Å². The number of nitrogens with one attached hydrogen (secondary N) is 1. The monoisotopic (exact) mass is 275 g/mol. The van der Waals surface area contributed by atoms with E-state index >= 15 is 0 Å². The molecule has 0 aliphatic rings. The highest BCUT2D eigenvalue weighted by atomic mass is 16.5. The van der Waals surface area contributed by atoms with E-state index in [0.29, 0.717) is 13.2 Å². The zero-order chi connectivity index (χ0) is 14.2. The van der Waals surface area contributed by atoms with E-state index in [9.17, 15) is 0 Å². The van der Waals surface area contributed by atoms with Crippen LogP contribution >= 0.6 is 0 Å². The van der Waals surface area contributed by atoms with Gasteiger partial charge in [0.25, 0.3) is 0 Å². The van der Waals surface area contributed by atoms with E-state index < -0.39 is 0 Å². The molecule has 0 bridgehead atoms. The van der Waals surface area contributed by atoms with Gasteiger partial charge in [-0.3, -0.25) is 4.57 Å². The van der Waals surface area contributed by atoms with Gasteiger partial charge in [0, 0.05) is 33.2 Å². The van der Waals surface area contributed by atoms with Crippen LogP contribution in [0.2, 0.25) is 0 Å². The zero-order valence-electron chi connectivity index (χ0n) is 12.0. The van der Waals surface area contributed by atoms with Gasteiger partial charge in [-0.25, -0.2) is 4.98 Å². The van der Waals surface area contributed by atoms with Crippen molar-refractivity contribution in [1.29, 1.82) is 0 Å². The summed E-state index contributed by atoms with van der Waals surface area (Å²) in [5.41, 5.74) is 2.36. The number of hydrogen-bond acceptors (Lipinski definition) is 4. The zero-order valence-corrected chi connectivity index (χ0v) is 12.0. The molecule has 20 heavy (non-hydrogen) atoms. The number of para-hydroxylation sites is 1. The third-order valence-electron chi connectivity index (χ3n) is 3.06. The van der Waals surface area contributed by atoms with Crippen LogP contribution in [0.5, 0.6) is 0 Å². The van der Waals surface area contributed by atoms with Crippen LogP contribution in [0.15, 0.2) is 36.7 Å². The number of rotatable bonds is 8. The predicted octanol–water partition coefficient (Wildman–Crippen LogP) is 2.12. The minimum Gasteiger partial charge on any atom is -0.384 e. The van der Waals surface area contributed by atoms with Crippen LogP contribution in [-0.4, -0.2) is 43.5 Å². The molecule has 0 fully saturated rings. The first-order chi connectivity index (χ1) is 9.86. The molecule has 0 aliphatic heterocycles. The fourth-order valence-corrected chi connectivity index (χ4v) is 2.06. The molecule has 0 radical (unpaired) electrons. The molecule has 0 atom stereocenters. The minimum atomic E-state index is 0.651. The Morgan fingerprint density at radius 2 is 1.95 bits per heavy atom. The van der Waals surface area contributed by atoms with Gasteiger partial charge in [-0.1, -0.05) is 18.2 Å². The van der Waals surface area contributed by atoms with E-state index in [-0.39, 0.29) is 0 Å². The van der Waals surface area contributed by atoms with Crippen molar-refractivity contribution in [3.8, 4) is 5.69 Å². The lowest BCUT2D eigenvalue weighted by Gasteiger charge is -2.13. The summed E-state index contributed by atoms with van der Waals surface area (Å²) in [5, 5.41) is 3.27. The highest BCUT2D eigenvalue weighted by Crippen LogP contribution is 2.19. The summed E-state index contributed by atoms with van der Waals surface area (Å²) < 4.78 is 12.3. The summed E-state index contributed by atoms with van der Waals surface area (Å²) in [6.07, 6.45) is 4.63. The molecule has 1 aromatic heterocycles. The van der Waals surface area contributed by atoms with Crippen molar-refractivity contribution in [2.75, 3.05) is 39.3 Å². The summed E-state index contributed by atoms with van der Waals surface area (Å²) in [4.78, 5) is 4.35. The van der Waals surface area contributed by atoms with E-state index in [0.717, 1.165) is 24.6 Å². The molecule has 1 heterocycles. The van der Waals surface area contributed by atoms with E-state index in [1.54, 1.807) is 20.4 Å². The van der Waals surface area contributed by atoms with Crippen LogP contribution in [0.4, 0.5) is 5.95 Å². The first kappa shape index (κ1) is 14.6. The molecule has 0 amide bonds. The minimum absolute atomic E-state index is 0.651. The molecule has 5 heteroatoms. The Bertz CT molecular complexity index is 525. The van der Waals surface area contributed by atoms with Crippen molar-refractivity contribution in [3.63, 3.8) is 0 Å². The lowest BCUT2D eigenvalue weighted by molar-refractivity contribution is 0.202. The van der Waals surface area contributed by atoms with Gasteiger partial charge in [0.05, 0.1) is 18.9 Å². The third kappa shape index (κ3) is 3.59. The largest absolute Gasteiger partial charge is 0.384 e.